The Bertz CT molecular complexity index is 742. The lowest BCUT2D eigenvalue weighted by molar-refractivity contribution is 0.405. The minimum atomic E-state index is 0.691. The molecule has 0 radical (unpaired) electrons. The molecule has 0 spiro atoms. The van der Waals surface area contributed by atoms with Crippen LogP contribution >= 0.6 is 23.4 Å². The molecule has 4 heteroatoms. The molecular formula is C19H20ClNOS. The Morgan fingerprint density at radius 1 is 1.13 bits per heavy atom. The van der Waals surface area contributed by atoms with Crippen molar-refractivity contribution in [2.75, 3.05) is 20.2 Å². The number of halogens is 1. The molecular weight excluding hydrogens is 326 g/mol. The van der Waals surface area contributed by atoms with Crippen molar-refractivity contribution < 1.29 is 4.74 Å². The highest BCUT2D eigenvalue weighted by Crippen LogP contribution is 2.40. The Balaban J connectivity index is 1.98. The first kappa shape index (κ1) is 16.4. The summed E-state index contributed by atoms with van der Waals surface area (Å²) in [6, 6.07) is 12.4. The van der Waals surface area contributed by atoms with Crippen molar-refractivity contribution in [3.8, 4) is 5.75 Å². The predicted octanol–water partition coefficient (Wildman–Crippen LogP) is 5.18. The molecule has 3 rings (SSSR count). The van der Waals surface area contributed by atoms with Crippen molar-refractivity contribution in [3.05, 3.63) is 58.6 Å². The average Bonchev–Trinajstić information content (AvgIpc) is 2.58. The molecule has 0 atom stereocenters. The van der Waals surface area contributed by atoms with Crippen LogP contribution in [0.15, 0.2) is 52.3 Å². The van der Waals surface area contributed by atoms with Gasteiger partial charge in [-0.25, -0.2) is 0 Å². The summed E-state index contributed by atoms with van der Waals surface area (Å²) in [4.78, 5) is 2.33. The molecule has 23 heavy (non-hydrogen) atoms. The maximum Gasteiger partial charge on any atom is 0.134 e. The minimum Gasteiger partial charge on any atom is -0.496 e. The van der Waals surface area contributed by atoms with Gasteiger partial charge in [0.2, 0.25) is 0 Å². The molecule has 1 heterocycles. The number of nitrogens with one attached hydrogen (secondary N) is 1. The van der Waals surface area contributed by atoms with Gasteiger partial charge in [0.05, 0.1) is 12.0 Å². The van der Waals surface area contributed by atoms with Gasteiger partial charge in [-0.3, -0.25) is 0 Å². The zero-order valence-corrected chi connectivity index (χ0v) is 14.9. The summed E-state index contributed by atoms with van der Waals surface area (Å²) >= 11 is 7.80. The van der Waals surface area contributed by atoms with Crippen LogP contribution in [0, 0.1) is 6.92 Å². The molecule has 0 saturated carbocycles. The van der Waals surface area contributed by atoms with Crippen LogP contribution in [0.3, 0.4) is 0 Å². The number of ether oxygens (including phenoxy) is 1. The van der Waals surface area contributed by atoms with E-state index >= 15 is 0 Å². The second-order valence-electron chi connectivity index (χ2n) is 5.58. The minimum absolute atomic E-state index is 0.691. The smallest absolute Gasteiger partial charge is 0.134 e. The maximum atomic E-state index is 6.07. The van der Waals surface area contributed by atoms with E-state index in [1.165, 1.54) is 21.6 Å². The van der Waals surface area contributed by atoms with E-state index in [4.69, 9.17) is 16.3 Å². The largest absolute Gasteiger partial charge is 0.496 e. The molecule has 1 aliphatic rings. The number of benzene rings is 2. The van der Waals surface area contributed by atoms with Gasteiger partial charge in [-0.15, -0.1) is 0 Å². The molecule has 0 saturated heterocycles. The van der Waals surface area contributed by atoms with Crippen LogP contribution in [-0.2, 0) is 0 Å². The molecule has 0 aromatic heterocycles. The lowest BCUT2D eigenvalue weighted by Crippen LogP contribution is -2.20. The summed E-state index contributed by atoms with van der Waals surface area (Å²) in [6.45, 7) is 4.12. The molecule has 0 amide bonds. The van der Waals surface area contributed by atoms with Gasteiger partial charge in [0.15, 0.2) is 0 Å². The maximum absolute atomic E-state index is 6.07. The van der Waals surface area contributed by atoms with Crippen LogP contribution in [0.5, 0.6) is 5.75 Å². The molecule has 0 fully saturated rings. The second kappa shape index (κ2) is 7.43. The summed E-state index contributed by atoms with van der Waals surface area (Å²) in [5.41, 5.74) is 4.03. The number of hydrogen-bond donors (Lipinski definition) is 1. The molecule has 1 N–H and O–H groups in total. The first-order valence-corrected chi connectivity index (χ1v) is 8.89. The van der Waals surface area contributed by atoms with Crippen molar-refractivity contribution in [2.45, 2.75) is 23.1 Å². The van der Waals surface area contributed by atoms with Crippen molar-refractivity contribution in [1.82, 2.24) is 5.32 Å². The zero-order valence-electron chi connectivity index (χ0n) is 13.4. The Kier molecular flexibility index (Phi) is 5.31. The number of methoxy groups -OCH3 is 1. The Labute approximate surface area is 146 Å². The van der Waals surface area contributed by atoms with Gasteiger partial charge < -0.3 is 10.1 Å². The molecule has 1 aliphatic heterocycles. The molecule has 0 aliphatic carbocycles. The summed E-state index contributed by atoms with van der Waals surface area (Å²) in [5, 5.41) is 4.07. The second-order valence-corrected chi connectivity index (χ2v) is 7.10. The summed E-state index contributed by atoms with van der Waals surface area (Å²) < 4.78 is 5.48. The highest BCUT2D eigenvalue weighted by atomic mass is 35.5. The van der Waals surface area contributed by atoms with E-state index in [-0.39, 0.29) is 0 Å². The molecule has 0 unspecified atom stereocenters. The van der Waals surface area contributed by atoms with Gasteiger partial charge in [-0.2, -0.15) is 0 Å². The van der Waals surface area contributed by atoms with Gasteiger partial charge in [-0.1, -0.05) is 47.1 Å². The van der Waals surface area contributed by atoms with Gasteiger partial charge in [0, 0.05) is 16.5 Å². The third-order valence-corrected chi connectivity index (χ3v) is 5.26. The highest BCUT2D eigenvalue weighted by molar-refractivity contribution is 7.99. The van der Waals surface area contributed by atoms with Gasteiger partial charge >= 0.3 is 0 Å². The van der Waals surface area contributed by atoms with Crippen LogP contribution in [0.2, 0.25) is 5.02 Å². The number of hydrogen-bond acceptors (Lipinski definition) is 3. The monoisotopic (exact) mass is 345 g/mol. The summed E-state index contributed by atoms with van der Waals surface area (Å²) in [7, 11) is 1.68. The van der Waals surface area contributed by atoms with E-state index < -0.39 is 0 Å². The summed E-state index contributed by atoms with van der Waals surface area (Å²) in [5.74, 6) is 0.813. The first-order chi connectivity index (χ1) is 11.2. The van der Waals surface area contributed by atoms with E-state index in [9.17, 15) is 0 Å². The predicted molar refractivity (Wildman–Crippen MR) is 98.8 cm³/mol. The zero-order chi connectivity index (χ0) is 16.2. The van der Waals surface area contributed by atoms with Crippen LogP contribution in [-0.4, -0.2) is 20.2 Å². The van der Waals surface area contributed by atoms with Gasteiger partial charge in [0.1, 0.15) is 5.75 Å². The van der Waals surface area contributed by atoms with E-state index in [1.807, 2.05) is 18.2 Å². The van der Waals surface area contributed by atoms with E-state index in [0.717, 1.165) is 30.2 Å². The summed E-state index contributed by atoms with van der Waals surface area (Å²) in [6.07, 6.45) is 3.36. The Morgan fingerprint density at radius 2 is 1.96 bits per heavy atom. The van der Waals surface area contributed by atoms with Crippen LogP contribution < -0.4 is 10.1 Å². The van der Waals surface area contributed by atoms with Crippen molar-refractivity contribution in [2.24, 2.45) is 0 Å². The molecule has 2 nitrogen and oxygen atoms in total. The fourth-order valence-corrected chi connectivity index (χ4v) is 3.91. The standard InChI is InChI=1S/C19H20ClNOS/c1-13-3-5-18(16(11-13)14-7-9-21-10-8-14)23-19-6-4-15(20)12-17(19)22-2/h3-7,11-12,21H,8-10H2,1-2H3. The van der Waals surface area contributed by atoms with Crippen LogP contribution in [0.25, 0.3) is 5.57 Å². The Morgan fingerprint density at radius 3 is 2.70 bits per heavy atom. The molecule has 0 bridgehead atoms. The van der Waals surface area contributed by atoms with Gasteiger partial charge in [-0.05, 0) is 55.3 Å². The number of rotatable bonds is 4. The van der Waals surface area contributed by atoms with E-state index in [0.29, 0.717) is 5.02 Å². The lowest BCUT2D eigenvalue weighted by Gasteiger charge is -2.18. The van der Waals surface area contributed by atoms with Crippen molar-refractivity contribution >= 4 is 28.9 Å². The highest BCUT2D eigenvalue weighted by Gasteiger charge is 2.14. The van der Waals surface area contributed by atoms with Crippen LogP contribution in [0.4, 0.5) is 0 Å². The SMILES string of the molecule is COc1cc(Cl)ccc1Sc1ccc(C)cc1C1=CCNCC1. The molecule has 120 valence electrons. The molecule has 2 aromatic carbocycles. The van der Waals surface area contributed by atoms with Crippen molar-refractivity contribution in [3.63, 3.8) is 0 Å². The van der Waals surface area contributed by atoms with Crippen molar-refractivity contribution in [1.29, 1.82) is 0 Å². The fraction of sp³-hybridized carbons (Fsp3) is 0.263. The quantitative estimate of drug-likeness (QED) is 0.824. The Hall–Kier alpha value is -1.42. The third kappa shape index (κ3) is 3.92. The van der Waals surface area contributed by atoms with E-state index in [2.05, 4.69) is 36.5 Å². The lowest BCUT2D eigenvalue weighted by atomic mass is 9.99. The normalized spacial score (nSPS) is 14.5. The van der Waals surface area contributed by atoms with E-state index in [1.54, 1.807) is 18.9 Å². The number of aryl methyl sites for hydroxylation is 1. The van der Waals surface area contributed by atoms with Gasteiger partial charge in [0.25, 0.3) is 0 Å². The van der Waals surface area contributed by atoms with Crippen LogP contribution in [0.1, 0.15) is 17.5 Å². The topological polar surface area (TPSA) is 21.3 Å². The molecule has 2 aromatic rings. The average molecular weight is 346 g/mol. The first-order valence-electron chi connectivity index (χ1n) is 7.69. The fourth-order valence-electron chi connectivity index (χ4n) is 2.70. The third-order valence-electron chi connectivity index (χ3n) is 3.89.